The van der Waals surface area contributed by atoms with E-state index >= 15 is 0 Å². The first-order valence-corrected chi connectivity index (χ1v) is 43.1. The smallest absolute Gasteiger partial charge is 0.329 e. The van der Waals surface area contributed by atoms with Gasteiger partial charge in [-0.2, -0.15) is 10.1 Å². The minimum absolute atomic E-state index is 0.00699. The van der Waals surface area contributed by atoms with Crippen LogP contribution in [-0.4, -0.2) is 269 Å². The van der Waals surface area contributed by atoms with Crippen molar-refractivity contribution in [3.63, 3.8) is 0 Å². The average molecular weight is 1700 g/mol. The number of nitrogens with one attached hydrogen (secondary N) is 1. The number of amides is 2. The summed E-state index contributed by atoms with van der Waals surface area (Å²) in [4.78, 5) is 76.3. The Bertz CT molecular complexity index is 4170. The quantitative estimate of drug-likeness (QED) is 0.00639. The van der Waals surface area contributed by atoms with Gasteiger partial charge in [-0.25, -0.2) is 24.1 Å². The van der Waals surface area contributed by atoms with Crippen molar-refractivity contribution in [2.24, 2.45) is 40.7 Å². The van der Waals surface area contributed by atoms with Gasteiger partial charge in [0.05, 0.1) is 120 Å². The van der Waals surface area contributed by atoms with Crippen LogP contribution in [0.25, 0.3) is 33.4 Å². The summed E-state index contributed by atoms with van der Waals surface area (Å²) in [5, 5.41) is 69.1. The molecule has 2 bridgehead atoms. The first-order valence-electron chi connectivity index (χ1n) is 43.1. The molecule has 1 aliphatic carbocycles. The van der Waals surface area contributed by atoms with Gasteiger partial charge >= 0.3 is 5.97 Å². The van der Waals surface area contributed by atoms with Gasteiger partial charge in [0.15, 0.2) is 17.8 Å². The molecule has 121 heavy (non-hydrogen) atoms. The number of ketones is 1. The summed E-state index contributed by atoms with van der Waals surface area (Å²) in [6.45, 7) is 19.9. The van der Waals surface area contributed by atoms with E-state index in [-0.39, 0.29) is 74.1 Å². The number of aryl methyl sites for hydroxylation is 1. The van der Waals surface area contributed by atoms with Crippen LogP contribution in [0.5, 0.6) is 0 Å². The third-order valence-electron chi connectivity index (χ3n) is 23.3. The van der Waals surface area contributed by atoms with Gasteiger partial charge in [-0.1, -0.05) is 81.4 Å². The molecule has 0 spiro atoms. The van der Waals surface area contributed by atoms with Gasteiger partial charge in [-0.3, -0.25) is 14.4 Å². The van der Waals surface area contributed by atoms with Crippen LogP contribution in [-0.2, 0) is 95.8 Å². The topological polar surface area (TPSA) is 440 Å². The fourth-order valence-corrected chi connectivity index (χ4v) is 16.1. The molecule has 2 saturated heterocycles. The van der Waals surface area contributed by atoms with E-state index in [0.717, 1.165) is 43.2 Å². The number of hydrogen-bond acceptors (Lipinski definition) is 30. The second-order valence-corrected chi connectivity index (χ2v) is 32.6. The summed E-state index contributed by atoms with van der Waals surface area (Å²) in [5.74, 6) is -6.90. The van der Waals surface area contributed by atoms with Crippen LogP contribution in [0.1, 0.15) is 163 Å². The molecule has 1 saturated carbocycles. The number of carbonyl (C=O) groups excluding carboxylic acids is 4. The Labute approximate surface area is 710 Å². The van der Waals surface area contributed by atoms with E-state index in [9.17, 15) is 39.6 Å². The Morgan fingerprint density at radius 3 is 2.20 bits per heavy atom. The van der Waals surface area contributed by atoms with Crippen molar-refractivity contribution in [3.8, 4) is 11.3 Å². The molecule has 0 radical (unpaired) electrons. The van der Waals surface area contributed by atoms with Gasteiger partial charge in [-0.05, 0) is 151 Å². The number of aliphatic hydroxyl groups is 4. The number of methoxy groups -OCH3 is 3. The molecule has 9 rings (SSSR count). The zero-order valence-electron chi connectivity index (χ0n) is 72.4. The molecule has 2 amide bonds. The maximum atomic E-state index is 14.7. The fourth-order valence-electron chi connectivity index (χ4n) is 16.1. The summed E-state index contributed by atoms with van der Waals surface area (Å²) in [5.41, 5.74) is 17.6. The highest BCUT2D eigenvalue weighted by Gasteiger charge is 2.53. The van der Waals surface area contributed by atoms with Gasteiger partial charge in [0.2, 0.25) is 11.7 Å². The monoisotopic (exact) mass is 1700 g/mol. The molecular weight excluding hydrogens is 1560 g/mol. The number of nitrogens with zero attached hydrogens (tertiary/aromatic N) is 10. The highest BCUT2D eigenvalue weighted by Crippen LogP contribution is 2.39. The summed E-state index contributed by atoms with van der Waals surface area (Å²) in [7, 11) is 4.66. The lowest BCUT2D eigenvalue weighted by Gasteiger charge is -2.43. The Hall–Kier alpha value is -8.07. The lowest BCUT2D eigenvalue weighted by atomic mass is 9.78. The zero-order chi connectivity index (χ0) is 86.8. The van der Waals surface area contributed by atoms with E-state index in [1.165, 1.54) is 18.3 Å². The molecule has 34 nitrogen and oxygen atoms in total. The third kappa shape index (κ3) is 29.3. The number of anilines is 2. The number of Topliss-reactive ketones (excluding diaryl/α,β-unsaturated/α-hetero) is 1. The van der Waals surface area contributed by atoms with Gasteiger partial charge < -0.3 is 103 Å². The number of fused-ring (bicyclic) bond motifs is 5. The molecule has 0 unspecified atom stereocenters. The van der Waals surface area contributed by atoms with Crippen LogP contribution < -0.4 is 16.8 Å². The van der Waals surface area contributed by atoms with Crippen molar-refractivity contribution >= 4 is 63.2 Å². The van der Waals surface area contributed by atoms with Crippen molar-refractivity contribution in [3.05, 3.63) is 84.0 Å². The molecule has 9 N–H and O–H groups in total. The molecule has 7 heterocycles. The number of nitrogens with two attached hydrogens (primary N) is 2. The van der Waals surface area contributed by atoms with E-state index in [1.807, 2.05) is 68.8 Å². The lowest BCUT2D eigenvalue weighted by Crippen LogP contribution is -2.61. The van der Waals surface area contributed by atoms with Crippen LogP contribution in [0.3, 0.4) is 0 Å². The molecule has 3 aliphatic heterocycles. The van der Waals surface area contributed by atoms with Crippen LogP contribution in [0.4, 0.5) is 11.8 Å². The number of aromatic nitrogens is 8. The molecule has 672 valence electrons. The average Bonchev–Trinajstić information content (AvgIpc) is 1.76. The maximum absolute atomic E-state index is 14.7. The second kappa shape index (κ2) is 50.0. The number of hydrogen-bond donors (Lipinski definition) is 7. The van der Waals surface area contributed by atoms with E-state index in [0.29, 0.717) is 207 Å². The van der Waals surface area contributed by atoms with Gasteiger partial charge in [0.1, 0.15) is 53.4 Å². The molecule has 1 aromatic carbocycles. The van der Waals surface area contributed by atoms with Gasteiger partial charge in [0, 0.05) is 96.8 Å². The van der Waals surface area contributed by atoms with Crippen molar-refractivity contribution in [1.29, 1.82) is 0 Å². The van der Waals surface area contributed by atoms with Gasteiger partial charge in [-0.15, -0.1) is 5.10 Å². The minimum atomic E-state index is -2.45. The maximum Gasteiger partial charge on any atom is 0.329 e. The van der Waals surface area contributed by atoms with Crippen LogP contribution in [0, 0.1) is 35.5 Å². The number of oxazole rings is 1. The minimum Gasteiger partial charge on any atom is -0.460 e. The predicted octanol–water partition coefficient (Wildman–Crippen LogP) is 8.55. The summed E-state index contributed by atoms with van der Waals surface area (Å²) in [6, 6.07) is 4.44. The van der Waals surface area contributed by atoms with E-state index < -0.39 is 84.1 Å². The number of nitrogen functional groups attached to an aromatic ring is 2. The Morgan fingerprint density at radius 2 is 1.48 bits per heavy atom. The Balaban J connectivity index is 0.669. The normalized spacial score (nSPS) is 28.2. The number of allylic oxidation sites excluding steroid dienone is 5. The summed E-state index contributed by atoms with van der Waals surface area (Å²) >= 11 is 0. The number of unbranched alkanes of at least 4 members (excludes halogenated alkanes) is 2. The van der Waals surface area contributed by atoms with Crippen LogP contribution >= 0.6 is 0 Å². The zero-order valence-corrected chi connectivity index (χ0v) is 72.4. The second-order valence-electron chi connectivity index (χ2n) is 32.6. The summed E-state index contributed by atoms with van der Waals surface area (Å²) < 4.78 is 73.5. The lowest BCUT2D eigenvalue weighted by molar-refractivity contribution is -0.265. The van der Waals surface area contributed by atoms with Crippen molar-refractivity contribution in [1.82, 2.24) is 49.9 Å². The number of oxime groups is 1. The predicted molar refractivity (Wildman–Crippen MR) is 452 cm³/mol. The number of ether oxygens (including phenoxy) is 11. The first kappa shape index (κ1) is 96.7. The van der Waals surface area contributed by atoms with E-state index in [1.54, 1.807) is 51.1 Å². The molecule has 5 aromatic rings. The highest BCUT2D eigenvalue weighted by atomic mass is 16.6. The molecule has 34 heteroatoms. The number of piperidine rings is 1. The van der Waals surface area contributed by atoms with Crippen LogP contribution in [0.15, 0.2) is 87.9 Å². The largest absolute Gasteiger partial charge is 0.460 e. The molecule has 3 fully saturated rings. The third-order valence-corrected chi connectivity index (χ3v) is 23.3. The standard InChI is InChI=1S/C87H133N13O21/c1-56-20-12-11-13-21-57(2)72(109-8)51-66-26-23-62(7)87(108,121-66)81(105)84(106)99-31-16-14-22-68(99)85(107)119-73(59(4)48-63-24-27-69(101)74(49-63)110-9)52-70(102)58(3)47-61(6)79(104)80(111-10)77(60(5)46-56)96-118-54-65-53-98(97-94-65)33-37-114-39-41-116-43-45-117-44-42-115-40-38-113-35-19-18-34-112-36-29-75(103)90-30-15-17-32-100-83-76(82(88)91-55-92-83)78(95-100)64-25-28-71-67(50-64)93-86(89)120-71/h11-13,20-21,25,28,47,50,53,55-56,58-60,62-63,66,68-70,72-74,79-80,101-102,104,108H,14-19,22-24,26-27,29-46,48-49,51-52,54H2,1-10H3,(H2,89,93)(H,90,103)(H2,88,91,92)/b13-11+,20-12+,57-21+,61-47+,96-77+/t56-,58-,59-,60-,62-,63+,66+,68+,69-,70-,72+,73+,74-,79-,80+,87-/m1/s1. The fraction of sp³-hybridized carbons (Fsp3) is 0.690. The Morgan fingerprint density at radius 1 is 0.760 bits per heavy atom. The number of cyclic esters (lactones) is 1. The number of carbonyl (C=O) groups is 4. The number of esters is 1. The molecule has 4 aliphatic rings. The van der Waals surface area contributed by atoms with E-state index in [2.05, 4.69) is 48.7 Å². The molecule has 4 aromatic heterocycles. The number of rotatable bonds is 38. The van der Waals surface area contributed by atoms with Crippen molar-refractivity contribution in [2.75, 3.05) is 125 Å². The summed E-state index contributed by atoms with van der Waals surface area (Å²) in [6.07, 6.45) is 17.4. The number of benzene rings is 1. The molecule has 16 atom stereocenters. The highest BCUT2D eigenvalue weighted by molar-refractivity contribution is 6.39. The van der Waals surface area contributed by atoms with Crippen molar-refractivity contribution in [2.45, 2.75) is 238 Å². The van der Waals surface area contributed by atoms with Crippen LogP contribution in [0.2, 0.25) is 0 Å². The van der Waals surface area contributed by atoms with Gasteiger partial charge in [0.25, 0.3) is 17.7 Å². The van der Waals surface area contributed by atoms with Crippen molar-refractivity contribution < 1.29 is 101 Å². The van der Waals surface area contributed by atoms with E-state index in [4.69, 9.17) is 77.9 Å². The first-order chi connectivity index (χ1) is 58.4. The molecular formula is C87H133N13O21. The Kier molecular flexibility index (Phi) is 40.0. The number of aliphatic hydroxyl groups excluding tert-OH is 3. The SMILES string of the molecule is CO[C@H]1C[C@@H]2CC[C@@H](C)[C@@](O)(O2)C(=O)C(=O)N2CCCC[C@H]2C(=O)O[C@H]([C@H](C)C[C@@H]2CC[C@@H](O)[C@H](OC)C2)C[C@@H](O)[C@H](C)/C=C(\C)[C@@H](O)[C@@H](OC)/C(=N/OCc2cn(CCOCCOCCOCCOCCOCCCCOCCC(=O)NCCCCn3nc(-c4ccc5oc(N)nc5c4)c4c(N)ncnc43)nn2)[C@H](C)C[C@H](C)/C=C/C=C/C=C/1C.